The first kappa shape index (κ1) is 36.2. The van der Waals surface area contributed by atoms with Gasteiger partial charge in [0.15, 0.2) is 36.0 Å². The lowest BCUT2D eigenvalue weighted by molar-refractivity contribution is -0.772. The van der Waals surface area contributed by atoms with Crippen LogP contribution in [0.15, 0.2) is 53.1 Å². The van der Waals surface area contributed by atoms with E-state index < -0.39 is 28.8 Å². The lowest BCUT2D eigenvalue weighted by atomic mass is 9.95. The van der Waals surface area contributed by atoms with E-state index >= 15 is 0 Å². The van der Waals surface area contributed by atoms with Crippen LogP contribution < -0.4 is 31.5 Å². The fraction of sp³-hybridized carbons (Fsp3) is 0.379. The van der Waals surface area contributed by atoms with Crippen LogP contribution in [0.2, 0.25) is 0 Å². The van der Waals surface area contributed by atoms with Gasteiger partial charge in [0.1, 0.15) is 23.9 Å². The molecule has 0 fully saturated rings. The fourth-order valence-corrected chi connectivity index (χ4v) is 5.27. The number of hydrogen-bond acceptors (Lipinski definition) is 13. The first-order chi connectivity index (χ1) is 22.9. The van der Waals surface area contributed by atoms with Gasteiger partial charge in [-0.1, -0.05) is 5.16 Å². The molecule has 0 saturated heterocycles. The maximum atomic E-state index is 13.2. The lowest BCUT2D eigenvalue weighted by Crippen LogP contribution is -2.58. The van der Waals surface area contributed by atoms with Crippen molar-refractivity contribution in [3.05, 3.63) is 53.7 Å². The van der Waals surface area contributed by atoms with Crippen molar-refractivity contribution in [1.29, 1.82) is 0 Å². The van der Waals surface area contributed by atoms with Gasteiger partial charge < -0.3 is 31.7 Å². The van der Waals surface area contributed by atoms with Crippen molar-refractivity contribution >= 4 is 68.4 Å². The van der Waals surface area contributed by atoms with Gasteiger partial charge in [-0.2, -0.15) is 9.27 Å². The number of benzene rings is 1. The highest BCUT2D eigenvalue weighted by Gasteiger charge is 2.37. The highest BCUT2D eigenvalue weighted by atomic mass is 32.2. The number of carbonyl (C=O) groups excluding carboxylic acids is 2. The summed E-state index contributed by atoms with van der Waals surface area (Å²) >= 11 is -1.64. The normalized spacial score (nSPS) is 13.2. The smallest absolute Gasteiger partial charge is 0.325 e. The Balaban J connectivity index is 1.36. The predicted molar refractivity (Wildman–Crippen MR) is 180 cm³/mol. The summed E-state index contributed by atoms with van der Waals surface area (Å²) in [7, 11) is 1.97. The van der Waals surface area contributed by atoms with Gasteiger partial charge in [-0.25, -0.2) is 9.97 Å². The number of nitrogens with one attached hydrogen (secondary N) is 2. The molecule has 1 aromatic carbocycles. The number of nitrogens with zero attached hydrogens (tertiary/aromatic N) is 6. The highest BCUT2D eigenvalue weighted by molar-refractivity contribution is 7.74. The molecule has 0 radical (unpaired) electrons. The minimum Gasteiger partial charge on any atom is -0.490 e. The number of hydroxylamine groups is 2. The second kappa shape index (κ2) is 16.4. The topological polar surface area (TPSA) is 225 Å². The molecule has 48 heavy (non-hydrogen) atoms. The third-order valence-electron chi connectivity index (χ3n) is 7.44. The fourth-order valence-electron chi connectivity index (χ4n) is 4.36. The number of thiazole rings is 1. The number of ether oxygens (including phenoxy) is 1. The van der Waals surface area contributed by atoms with Crippen molar-refractivity contribution in [2.45, 2.75) is 45.3 Å². The first-order valence-corrected chi connectivity index (χ1v) is 16.7. The van der Waals surface area contributed by atoms with Crippen molar-refractivity contribution in [2.75, 3.05) is 30.8 Å². The molecule has 7 N–H and O–H groups in total. The Bertz CT molecular complexity index is 1780. The first-order valence-electron chi connectivity index (χ1n) is 14.7. The largest absolute Gasteiger partial charge is 0.490 e. The monoisotopic (exact) mass is 703 g/mol. The molecule has 0 bridgehead atoms. The maximum Gasteiger partial charge on any atom is 0.325 e. The Morgan fingerprint density at radius 1 is 1.27 bits per heavy atom. The van der Waals surface area contributed by atoms with Gasteiger partial charge in [-0.3, -0.25) is 14.1 Å². The number of hydrogen-bond donors (Lipinski definition) is 5. The molecule has 3 aromatic heterocycles. The van der Waals surface area contributed by atoms with E-state index in [0.29, 0.717) is 23.2 Å². The molecule has 1 unspecified atom stereocenters. The standard InChI is InChI=1S/C29H38N10O7S2/c1-19(29(2,3)39(18-40)46-48(42)43)32-27(41)26(23-17-47-28(31)34-23)36-45-15-14-44-21-7-8-22-20(16-21)6-9-24(33-22)35-25-10-13-38(37(25)4)12-5-11-30/h6-10,13,16-19H,5,11-12,14-15,30H2,1-4H3,(H4,31,32,34,41,42,43)/p+1/b36-26-/t19-/m1/s1. The summed E-state index contributed by atoms with van der Waals surface area (Å²) in [6.07, 6.45) is 3.12. The molecule has 0 aliphatic carbocycles. The number of nitrogens with two attached hydrogens (primary N) is 2. The molecule has 0 aliphatic heterocycles. The number of rotatable bonds is 18. The van der Waals surface area contributed by atoms with E-state index in [4.69, 9.17) is 30.6 Å². The molecule has 0 saturated carbocycles. The van der Waals surface area contributed by atoms with Crippen LogP contribution in [0, 0.1) is 0 Å². The zero-order valence-corrected chi connectivity index (χ0v) is 28.5. The number of fused-ring (bicyclic) bond motifs is 1. The Hall–Kier alpha value is -4.69. The van der Waals surface area contributed by atoms with Gasteiger partial charge in [-0.05, 0) is 57.6 Å². The van der Waals surface area contributed by atoms with Gasteiger partial charge in [0.2, 0.25) is 6.41 Å². The van der Waals surface area contributed by atoms with E-state index in [1.54, 1.807) is 18.4 Å². The summed E-state index contributed by atoms with van der Waals surface area (Å²) in [5.74, 6) is 1.50. The van der Waals surface area contributed by atoms with E-state index in [2.05, 4.69) is 29.7 Å². The summed E-state index contributed by atoms with van der Waals surface area (Å²) in [4.78, 5) is 38.9. The Morgan fingerprint density at radius 2 is 2.06 bits per heavy atom. The number of anilines is 3. The van der Waals surface area contributed by atoms with Crippen molar-refractivity contribution in [3.8, 4) is 5.75 Å². The van der Waals surface area contributed by atoms with E-state index in [1.165, 1.54) is 13.8 Å². The molecule has 2 atom stereocenters. The van der Waals surface area contributed by atoms with Gasteiger partial charge in [0.25, 0.3) is 5.91 Å². The zero-order chi connectivity index (χ0) is 34.8. The van der Waals surface area contributed by atoms with E-state index in [1.807, 2.05) is 48.3 Å². The molecule has 17 nitrogen and oxygen atoms in total. The quantitative estimate of drug-likeness (QED) is 0.0249. The SMILES string of the molecule is C[C@@H](NC(=O)/C(=N\OCCOc1ccc2nc(Nc3cc[n+](CCCN)n3C)ccc2c1)c1csc(N)n1)C(C)(C)N(C=O)OS(=O)O. The van der Waals surface area contributed by atoms with Crippen molar-refractivity contribution < 1.29 is 36.9 Å². The maximum absolute atomic E-state index is 13.2. The zero-order valence-electron chi connectivity index (χ0n) is 26.9. The average molecular weight is 704 g/mol. The van der Waals surface area contributed by atoms with Crippen molar-refractivity contribution in [2.24, 2.45) is 17.9 Å². The van der Waals surface area contributed by atoms with E-state index in [0.717, 1.165) is 41.0 Å². The molecule has 3 heterocycles. The minimum absolute atomic E-state index is 0.00634. The third kappa shape index (κ3) is 9.22. The van der Waals surface area contributed by atoms with Crippen LogP contribution in [0.25, 0.3) is 10.9 Å². The molecule has 4 rings (SSSR count). The van der Waals surface area contributed by atoms with Crippen molar-refractivity contribution in [1.82, 2.24) is 25.0 Å². The molecule has 4 aromatic rings. The number of carbonyl (C=O) groups is 2. The Kier molecular flexibility index (Phi) is 12.4. The summed E-state index contributed by atoms with van der Waals surface area (Å²) in [5, 5.41) is 13.3. The second-order valence-electron chi connectivity index (χ2n) is 11.0. The van der Waals surface area contributed by atoms with Crippen LogP contribution >= 0.6 is 11.3 Å². The molecule has 258 valence electrons. The summed E-state index contributed by atoms with van der Waals surface area (Å²) in [6.45, 7) is 6.21. The van der Waals surface area contributed by atoms with Crippen LogP contribution in [-0.4, -0.2) is 77.8 Å². The molecule has 0 spiro atoms. The van der Waals surface area contributed by atoms with Crippen LogP contribution in [0.4, 0.5) is 16.8 Å². The molecular formula is C29H39N10O7S2+. The number of aromatic nitrogens is 4. The summed E-state index contributed by atoms with van der Waals surface area (Å²) in [5.41, 5.74) is 11.0. The van der Waals surface area contributed by atoms with Gasteiger partial charge in [0, 0.05) is 17.2 Å². The van der Waals surface area contributed by atoms with Crippen LogP contribution in [-0.2, 0) is 43.7 Å². The molecular weight excluding hydrogens is 665 g/mol. The number of nitrogen functional groups attached to an aromatic ring is 1. The number of aryl methyl sites for hydroxylation is 1. The second-order valence-corrected chi connectivity index (χ2v) is 12.4. The van der Waals surface area contributed by atoms with Gasteiger partial charge in [0.05, 0.1) is 30.2 Å². The number of amides is 2. The Labute approximate surface area is 283 Å². The molecule has 2 amide bonds. The minimum atomic E-state index is -2.75. The Morgan fingerprint density at radius 3 is 2.75 bits per heavy atom. The highest BCUT2D eigenvalue weighted by Crippen LogP contribution is 2.23. The van der Waals surface area contributed by atoms with Crippen molar-refractivity contribution in [3.63, 3.8) is 0 Å². The van der Waals surface area contributed by atoms with Gasteiger partial charge >= 0.3 is 11.4 Å². The summed E-state index contributed by atoms with van der Waals surface area (Å²) in [6, 6.07) is 10.5. The van der Waals surface area contributed by atoms with Gasteiger partial charge in [-0.15, -0.1) is 25.0 Å². The predicted octanol–water partition coefficient (Wildman–Crippen LogP) is 1.60. The average Bonchev–Trinajstić information content (AvgIpc) is 3.64. The number of pyridine rings is 1. The van der Waals surface area contributed by atoms with E-state index in [9.17, 15) is 13.8 Å². The van der Waals surface area contributed by atoms with Crippen LogP contribution in [0.5, 0.6) is 5.75 Å². The molecule has 19 heteroatoms. The van der Waals surface area contributed by atoms with Crippen LogP contribution in [0.3, 0.4) is 0 Å². The van der Waals surface area contributed by atoms with Crippen LogP contribution in [0.1, 0.15) is 32.9 Å². The third-order valence-corrected chi connectivity index (χ3v) is 8.40. The number of oxime groups is 1. The molecule has 0 aliphatic rings. The summed E-state index contributed by atoms with van der Waals surface area (Å²) < 4.78 is 34.7. The lowest BCUT2D eigenvalue weighted by Gasteiger charge is -2.37. The van der Waals surface area contributed by atoms with E-state index in [-0.39, 0.29) is 36.2 Å².